The Hall–Kier alpha value is -6.69. The first-order valence-corrected chi connectivity index (χ1v) is 40.5. The zero-order chi connectivity index (χ0) is 85.5. The van der Waals surface area contributed by atoms with Crippen molar-refractivity contribution in [3.63, 3.8) is 0 Å². The molecule has 0 saturated heterocycles. The van der Waals surface area contributed by atoms with Crippen LogP contribution in [0.4, 0.5) is 0 Å². The van der Waals surface area contributed by atoms with Crippen molar-refractivity contribution in [2.45, 2.75) is 364 Å². The summed E-state index contributed by atoms with van der Waals surface area (Å²) in [4.78, 5) is 52.6. The Balaban J connectivity index is -0.000000179. The molecule has 11 heteroatoms. The van der Waals surface area contributed by atoms with Crippen molar-refractivity contribution in [2.24, 2.45) is 5.92 Å². The third-order valence-corrected chi connectivity index (χ3v) is 14.8. The van der Waals surface area contributed by atoms with Gasteiger partial charge in [-0.05, 0) is 326 Å². The number of hydrogen-bond donors (Lipinski definition) is 0. The number of allylic oxidation sites excluding steroid dienone is 27. The Kier molecular flexibility index (Phi) is 92.4. The fourth-order valence-electron chi connectivity index (χ4n) is 8.80. The van der Waals surface area contributed by atoms with Crippen LogP contribution in [-0.4, -0.2) is 75.6 Å². The van der Waals surface area contributed by atoms with Crippen LogP contribution in [0.25, 0.3) is 0 Å². The van der Waals surface area contributed by atoms with E-state index in [2.05, 4.69) is 266 Å². The van der Waals surface area contributed by atoms with E-state index in [1.807, 2.05) is 32.1 Å². The van der Waals surface area contributed by atoms with Crippen LogP contribution in [0.2, 0.25) is 0 Å². The Morgan fingerprint density at radius 1 is 0.257 bits per heavy atom. The monoisotopic (exact) mass is 1520 g/mol. The lowest BCUT2D eigenvalue weighted by Gasteiger charge is -2.14. The van der Waals surface area contributed by atoms with Gasteiger partial charge in [-0.25, -0.2) is 0 Å². The largest absolute Gasteiger partial charge is 0.466 e. The van der Waals surface area contributed by atoms with Crippen LogP contribution >= 0.6 is 0 Å². The van der Waals surface area contributed by atoms with Gasteiger partial charge in [-0.1, -0.05) is 183 Å². The Labute approximate surface area is 674 Å². The topological polar surface area (TPSA) is 141 Å². The molecule has 0 atom stereocenters. The second-order valence-electron chi connectivity index (χ2n) is 30.3. The molecule has 628 valence electrons. The van der Waals surface area contributed by atoms with Crippen molar-refractivity contribution < 1.29 is 52.4 Å². The minimum absolute atomic E-state index is 0.179. The summed E-state index contributed by atoms with van der Waals surface area (Å²) in [7, 11) is 0. The minimum atomic E-state index is -0.224. The van der Waals surface area contributed by atoms with Gasteiger partial charge in [0.05, 0.1) is 6.61 Å². The summed E-state index contributed by atoms with van der Waals surface area (Å²) in [6.07, 6.45) is 54.7. The fourth-order valence-corrected chi connectivity index (χ4v) is 8.80. The molecule has 0 aliphatic rings. The first kappa shape index (κ1) is 118. The van der Waals surface area contributed by atoms with Crippen molar-refractivity contribution >= 4 is 29.7 Å². The first-order chi connectivity index (χ1) is 50.9. The van der Waals surface area contributed by atoms with Gasteiger partial charge in [0.1, 0.15) is 25.6 Å². The highest BCUT2D eigenvalue weighted by Crippen LogP contribution is 2.15. The predicted molar refractivity (Wildman–Crippen MR) is 478 cm³/mol. The smallest absolute Gasteiger partial charge is 0.302 e. The highest BCUT2D eigenvalue weighted by molar-refractivity contribution is 5.75. The minimum Gasteiger partial charge on any atom is -0.466 e. The fraction of sp³-hybridized carbons (Fsp3) is 0.622. The summed E-state index contributed by atoms with van der Waals surface area (Å²) in [5.74, 6) is 0.0900. The van der Waals surface area contributed by atoms with Gasteiger partial charge < -0.3 is 33.2 Å². The first-order valence-electron chi connectivity index (χ1n) is 40.5. The van der Waals surface area contributed by atoms with Gasteiger partial charge >= 0.3 is 23.9 Å². The number of carbonyl (C=O) groups is 5. The number of esters is 4. The lowest BCUT2D eigenvalue weighted by Crippen LogP contribution is -2.14. The maximum absolute atomic E-state index is 10.7. The number of ketones is 1. The molecule has 11 nitrogen and oxygen atoms in total. The number of rotatable bonds is 42. The lowest BCUT2D eigenvalue weighted by atomic mass is 10.1. The molecular weight excluding hydrogens is 1350 g/mol. The zero-order valence-corrected chi connectivity index (χ0v) is 77.1. The molecule has 0 aromatic heterocycles. The molecule has 0 aromatic rings. The average molecular weight is 1520 g/mol. The summed E-state index contributed by atoms with van der Waals surface area (Å²) in [5, 5.41) is 0. The second-order valence-corrected chi connectivity index (χ2v) is 30.3. The SMILES string of the molecule is CC(=O)CC/C=C(\C)CCC=C(C)C.CC(=O)OC/C=C(/C)CCC=C(C)C.CC(=O)OC/C=C(/C)CCC=C(C)C.CC(=O)OC/C=C(/C)CCC=C(C)C.CC(=O)OCC/C(C)=C/CC=C(C)C.CC(C)=CCC/C(C)=C\C(C)C.CC/C=C(/C)CCC=C(C)C.CCOC(/C=C(\C)CCC=C(C)C)OCC. The molecule has 0 aliphatic heterocycles. The Morgan fingerprint density at radius 2 is 0.505 bits per heavy atom. The highest BCUT2D eigenvalue weighted by Gasteiger charge is 2.04. The third-order valence-electron chi connectivity index (χ3n) is 14.8. The van der Waals surface area contributed by atoms with E-state index in [1.165, 1.54) is 149 Å². The summed E-state index contributed by atoms with van der Waals surface area (Å²) < 4.78 is 30.2. The van der Waals surface area contributed by atoms with Crippen molar-refractivity contribution in [1.82, 2.24) is 0 Å². The van der Waals surface area contributed by atoms with Crippen LogP contribution in [0.15, 0.2) is 186 Å². The van der Waals surface area contributed by atoms with Crippen LogP contribution in [-0.2, 0) is 52.4 Å². The molecule has 0 rings (SSSR count). The quantitative estimate of drug-likeness (QED) is 0.0250. The lowest BCUT2D eigenvalue weighted by molar-refractivity contribution is -0.141. The van der Waals surface area contributed by atoms with E-state index in [1.54, 1.807) is 6.92 Å². The molecule has 0 saturated carbocycles. The van der Waals surface area contributed by atoms with Crippen LogP contribution in [0.3, 0.4) is 0 Å². The van der Waals surface area contributed by atoms with Crippen LogP contribution < -0.4 is 0 Å². The van der Waals surface area contributed by atoms with Crippen LogP contribution in [0.1, 0.15) is 357 Å². The molecule has 0 spiro atoms. The van der Waals surface area contributed by atoms with Crippen LogP contribution in [0.5, 0.6) is 0 Å². The second kappa shape index (κ2) is 85.3. The molecular formula is C98H170O11. The van der Waals surface area contributed by atoms with Gasteiger partial charge in [0.25, 0.3) is 0 Å². The summed E-state index contributed by atoms with van der Waals surface area (Å²) in [6, 6.07) is 0. The number of carbonyl (C=O) groups excluding carboxylic acids is 5. The Morgan fingerprint density at radius 3 is 0.752 bits per heavy atom. The molecule has 0 aliphatic carbocycles. The Bertz CT molecular complexity index is 2650. The average Bonchev–Trinajstić information content (AvgIpc) is 0.996. The molecule has 0 heterocycles. The molecule has 109 heavy (non-hydrogen) atoms. The summed E-state index contributed by atoms with van der Waals surface area (Å²) in [5.41, 5.74) is 21.8. The van der Waals surface area contributed by atoms with E-state index < -0.39 is 0 Å². The summed E-state index contributed by atoms with van der Waals surface area (Å²) in [6.45, 7) is 71.8. The van der Waals surface area contributed by atoms with Gasteiger partial charge in [-0.2, -0.15) is 0 Å². The highest BCUT2D eigenvalue weighted by atomic mass is 16.7. The van der Waals surface area contributed by atoms with Gasteiger partial charge in [0.15, 0.2) is 6.29 Å². The summed E-state index contributed by atoms with van der Waals surface area (Å²) >= 11 is 0. The van der Waals surface area contributed by atoms with E-state index >= 15 is 0 Å². The standard InChI is InChI=1S/C14H26O2.C13H22O.4C12H20O2.C12H22.C11H20/c1-6-15-14(16-7-2)11-13(5)10-8-9-12(3)4;1-11(2)7-5-8-12(3)9-6-10-13(4)14;4*1-10(2)6-5-7-11(3)8-9-14-12(4)13;1-10(2)7-6-8-12(5)9-11(3)4;1-5-7-11(4)9-6-8-10(2)3/h9,11,14H,6-8,10H2,1-5H3;7,9H,5-6,8,10H2,1-4H3;3*6,8H,5,7,9H2,1-4H3;6-7H,5,8-9H2,1-4H3;7,9,11H,6,8H2,1-5H3;7-8H,5-6,9H2,1-4H3/b13-11+;12-9+;3*11-8-;11-7+;12-9-;11-7-. The molecule has 0 bridgehead atoms. The van der Waals surface area contributed by atoms with Gasteiger partial charge in [0, 0.05) is 53.8 Å². The number of ether oxygens (including phenoxy) is 6. The number of hydrogen-bond acceptors (Lipinski definition) is 11. The van der Waals surface area contributed by atoms with Gasteiger partial charge in [0.2, 0.25) is 0 Å². The molecule has 0 radical (unpaired) electrons. The van der Waals surface area contributed by atoms with Crippen molar-refractivity contribution in [2.75, 3.05) is 39.6 Å². The molecule has 0 aromatic carbocycles. The third kappa shape index (κ3) is 128. The zero-order valence-electron chi connectivity index (χ0n) is 77.1. The maximum atomic E-state index is 10.7. The van der Waals surface area contributed by atoms with E-state index in [9.17, 15) is 24.0 Å². The number of Topliss-reactive ketones (excluding diaryl/α,β-unsaturated/α-hetero) is 1. The van der Waals surface area contributed by atoms with E-state index in [0.29, 0.717) is 52.0 Å². The van der Waals surface area contributed by atoms with Crippen molar-refractivity contribution in [3.8, 4) is 0 Å². The molecule has 0 unspecified atom stereocenters. The van der Waals surface area contributed by atoms with Gasteiger partial charge in [-0.15, -0.1) is 0 Å². The molecule has 0 amide bonds. The molecule has 0 fully saturated rings. The van der Waals surface area contributed by atoms with E-state index in [-0.39, 0.29) is 36.0 Å². The predicted octanol–water partition coefficient (Wildman–Crippen LogP) is 29.5. The molecule has 0 N–H and O–H groups in total. The van der Waals surface area contributed by atoms with Crippen molar-refractivity contribution in [1.29, 1.82) is 0 Å². The normalized spacial score (nSPS) is 11.3. The van der Waals surface area contributed by atoms with Crippen LogP contribution in [0, 0.1) is 5.92 Å². The van der Waals surface area contributed by atoms with E-state index in [4.69, 9.17) is 28.4 Å². The van der Waals surface area contributed by atoms with E-state index in [0.717, 1.165) is 83.5 Å². The maximum Gasteiger partial charge on any atom is 0.302 e. The van der Waals surface area contributed by atoms with Crippen molar-refractivity contribution in [3.05, 3.63) is 186 Å². The van der Waals surface area contributed by atoms with Gasteiger partial charge in [-0.3, -0.25) is 19.2 Å².